The Labute approximate surface area is 183 Å². The van der Waals surface area contributed by atoms with Crippen molar-refractivity contribution in [1.82, 2.24) is 9.62 Å². The second kappa shape index (κ2) is 9.62. The van der Waals surface area contributed by atoms with Crippen molar-refractivity contribution in [3.63, 3.8) is 0 Å². The van der Waals surface area contributed by atoms with Crippen LogP contribution < -0.4 is 10.0 Å². The third-order valence-electron chi connectivity index (χ3n) is 5.63. The molecule has 0 aliphatic carbocycles. The summed E-state index contributed by atoms with van der Waals surface area (Å²) in [7, 11) is -3.44. The molecule has 2 aromatic rings. The fraction of sp³-hybridized carbons (Fsp3) is 0.391. The number of likely N-dealkylation sites (tertiary alicyclic amines) is 1. The maximum Gasteiger partial charge on any atom is 0.255 e. The van der Waals surface area contributed by atoms with E-state index in [0.717, 1.165) is 5.56 Å². The number of sulfonamides is 1. The average Bonchev–Trinajstić information content (AvgIpc) is 2.74. The molecule has 31 heavy (non-hydrogen) atoms. The van der Waals surface area contributed by atoms with Crippen LogP contribution in [0.2, 0.25) is 0 Å². The third kappa shape index (κ3) is 5.71. The summed E-state index contributed by atoms with van der Waals surface area (Å²) < 4.78 is 27.8. The Hall–Kier alpha value is -2.71. The number of hydrogen-bond donors (Lipinski definition) is 2. The molecule has 2 atom stereocenters. The zero-order valence-electron chi connectivity index (χ0n) is 18.0. The zero-order chi connectivity index (χ0) is 22.6. The van der Waals surface area contributed by atoms with E-state index in [4.69, 9.17) is 0 Å². The number of benzene rings is 2. The normalized spacial score (nSPS) is 19.3. The van der Waals surface area contributed by atoms with E-state index in [1.54, 1.807) is 55.1 Å². The molecular formula is C23H29N3O4S. The van der Waals surface area contributed by atoms with Crippen molar-refractivity contribution >= 4 is 27.5 Å². The second-order valence-electron chi connectivity index (χ2n) is 8.12. The molecule has 0 saturated carbocycles. The summed E-state index contributed by atoms with van der Waals surface area (Å²) in [5.41, 5.74) is 2.13. The van der Waals surface area contributed by atoms with Gasteiger partial charge in [0.05, 0.1) is 5.25 Å². The number of piperidine rings is 1. The van der Waals surface area contributed by atoms with Crippen LogP contribution in [0.25, 0.3) is 0 Å². The lowest BCUT2D eigenvalue weighted by Crippen LogP contribution is -2.51. The van der Waals surface area contributed by atoms with Crippen molar-refractivity contribution in [3.8, 4) is 0 Å². The van der Waals surface area contributed by atoms with Crippen LogP contribution in [-0.4, -0.2) is 49.5 Å². The molecule has 2 aromatic carbocycles. The predicted octanol–water partition coefficient (Wildman–Crippen LogP) is 2.97. The van der Waals surface area contributed by atoms with Crippen molar-refractivity contribution < 1.29 is 18.0 Å². The van der Waals surface area contributed by atoms with Gasteiger partial charge in [0.2, 0.25) is 15.9 Å². The van der Waals surface area contributed by atoms with Crippen LogP contribution in [-0.2, 0) is 14.8 Å². The Morgan fingerprint density at radius 3 is 2.26 bits per heavy atom. The van der Waals surface area contributed by atoms with Gasteiger partial charge < -0.3 is 10.2 Å². The highest BCUT2D eigenvalue weighted by Gasteiger charge is 2.34. The smallest absolute Gasteiger partial charge is 0.255 e. The zero-order valence-corrected chi connectivity index (χ0v) is 18.9. The third-order valence-corrected chi connectivity index (χ3v) is 7.50. The van der Waals surface area contributed by atoms with Gasteiger partial charge in [-0.25, -0.2) is 13.1 Å². The quantitative estimate of drug-likeness (QED) is 0.718. The monoisotopic (exact) mass is 443 g/mol. The number of hydrogen-bond acceptors (Lipinski definition) is 4. The number of amides is 2. The van der Waals surface area contributed by atoms with E-state index >= 15 is 0 Å². The number of anilines is 1. The van der Waals surface area contributed by atoms with E-state index < -0.39 is 15.3 Å². The molecule has 1 fully saturated rings. The van der Waals surface area contributed by atoms with Crippen LogP contribution in [0.3, 0.4) is 0 Å². The van der Waals surface area contributed by atoms with Crippen molar-refractivity contribution in [3.05, 3.63) is 65.7 Å². The Morgan fingerprint density at radius 1 is 1.03 bits per heavy atom. The molecule has 1 aliphatic heterocycles. The van der Waals surface area contributed by atoms with Crippen molar-refractivity contribution in [2.24, 2.45) is 0 Å². The van der Waals surface area contributed by atoms with E-state index in [0.29, 0.717) is 30.8 Å². The van der Waals surface area contributed by atoms with Gasteiger partial charge >= 0.3 is 0 Å². The molecule has 7 nitrogen and oxygen atoms in total. The van der Waals surface area contributed by atoms with Gasteiger partial charge in [-0.05, 0) is 50.1 Å². The van der Waals surface area contributed by atoms with Gasteiger partial charge in [-0.15, -0.1) is 0 Å². The molecule has 1 aliphatic rings. The van der Waals surface area contributed by atoms with Crippen LogP contribution >= 0.6 is 0 Å². The van der Waals surface area contributed by atoms with Crippen LogP contribution in [0.4, 0.5) is 5.69 Å². The van der Waals surface area contributed by atoms with E-state index in [2.05, 4.69) is 10.0 Å². The minimum atomic E-state index is -3.44. The fourth-order valence-corrected chi connectivity index (χ4v) is 4.65. The molecule has 0 spiro atoms. The van der Waals surface area contributed by atoms with Crippen LogP contribution in [0.5, 0.6) is 0 Å². The summed E-state index contributed by atoms with van der Waals surface area (Å²) in [5, 5.41) is 2.33. The molecule has 0 unspecified atom stereocenters. The highest BCUT2D eigenvalue weighted by atomic mass is 32.2. The maximum absolute atomic E-state index is 12.5. The summed E-state index contributed by atoms with van der Waals surface area (Å²) >= 11 is 0. The summed E-state index contributed by atoms with van der Waals surface area (Å²) in [4.78, 5) is 26.0. The number of carbonyl (C=O) groups excluding carboxylic acids is 2. The van der Waals surface area contributed by atoms with Gasteiger partial charge in [-0.3, -0.25) is 9.59 Å². The number of rotatable bonds is 6. The molecule has 8 heteroatoms. The number of carbonyl (C=O) groups is 2. The lowest BCUT2D eigenvalue weighted by molar-refractivity contribution is -0.130. The van der Waals surface area contributed by atoms with Gasteiger partial charge in [-0.1, -0.05) is 30.3 Å². The first-order chi connectivity index (χ1) is 14.7. The Balaban J connectivity index is 1.79. The van der Waals surface area contributed by atoms with Crippen LogP contribution in [0, 0.1) is 0 Å². The minimum absolute atomic E-state index is 0.0260. The highest BCUT2D eigenvalue weighted by molar-refractivity contribution is 7.90. The number of nitrogens with zero attached hydrogens (tertiary/aromatic N) is 1. The maximum atomic E-state index is 12.5. The topological polar surface area (TPSA) is 95.6 Å². The lowest BCUT2D eigenvalue weighted by Gasteiger charge is -2.39. The Bertz CT molecular complexity index is 1020. The van der Waals surface area contributed by atoms with Gasteiger partial charge in [0, 0.05) is 43.2 Å². The van der Waals surface area contributed by atoms with Crippen molar-refractivity contribution in [2.45, 2.75) is 44.4 Å². The fourth-order valence-electron chi connectivity index (χ4n) is 3.67. The van der Waals surface area contributed by atoms with Crippen LogP contribution in [0.15, 0.2) is 54.6 Å². The number of nitrogens with one attached hydrogen (secondary N) is 2. The van der Waals surface area contributed by atoms with E-state index in [1.165, 1.54) is 6.92 Å². The molecular weight excluding hydrogens is 414 g/mol. The van der Waals surface area contributed by atoms with Gasteiger partial charge in [0.1, 0.15) is 0 Å². The van der Waals surface area contributed by atoms with E-state index in [9.17, 15) is 18.0 Å². The van der Waals surface area contributed by atoms with Gasteiger partial charge in [-0.2, -0.15) is 0 Å². The second-order valence-corrected chi connectivity index (χ2v) is 10.4. The molecule has 3 rings (SSSR count). The first kappa shape index (κ1) is 23.0. The molecule has 2 N–H and O–H groups in total. The van der Waals surface area contributed by atoms with E-state index in [1.807, 2.05) is 18.2 Å². The summed E-state index contributed by atoms with van der Waals surface area (Å²) in [6.45, 7) is 5.77. The summed E-state index contributed by atoms with van der Waals surface area (Å²) in [6, 6.07) is 16.0. The van der Waals surface area contributed by atoms with Crippen molar-refractivity contribution in [2.75, 3.05) is 18.4 Å². The molecule has 1 saturated heterocycles. The average molecular weight is 444 g/mol. The van der Waals surface area contributed by atoms with Crippen molar-refractivity contribution in [1.29, 1.82) is 0 Å². The first-order valence-electron chi connectivity index (χ1n) is 10.4. The SMILES string of the molecule is CC(=O)N1CC[C@@H](NS(=O)(=O)C(C)C)[C@H](c2ccc(NC(=O)c3ccccc3)cc2)C1. The highest BCUT2D eigenvalue weighted by Crippen LogP contribution is 2.29. The Morgan fingerprint density at radius 2 is 1.68 bits per heavy atom. The minimum Gasteiger partial charge on any atom is -0.342 e. The molecule has 0 bridgehead atoms. The molecule has 1 heterocycles. The van der Waals surface area contributed by atoms with Gasteiger partial charge in [0.25, 0.3) is 5.91 Å². The lowest BCUT2D eigenvalue weighted by atomic mass is 9.86. The molecule has 0 aromatic heterocycles. The predicted molar refractivity (Wildman–Crippen MR) is 121 cm³/mol. The van der Waals surface area contributed by atoms with Crippen LogP contribution in [0.1, 0.15) is 49.0 Å². The van der Waals surface area contributed by atoms with Gasteiger partial charge in [0.15, 0.2) is 0 Å². The molecule has 0 radical (unpaired) electrons. The van der Waals surface area contributed by atoms with E-state index in [-0.39, 0.29) is 23.8 Å². The first-order valence-corrected chi connectivity index (χ1v) is 11.9. The largest absolute Gasteiger partial charge is 0.342 e. The molecule has 2 amide bonds. The summed E-state index contributed by atoms with van der Waals surface area (Å²) in [5.74, 6) is -0.400. The molecule has 166 valence electrons. The Kier molecular flexibility index (Phi) is 7.12. The standard InChI is InChI=1S/C23H29N3O4S/c1-16(2)31(29,30)25-22-13-14-26(17(3)27)15-21(22)18-9-11-20(12-10-18)24-23(28)19-7-5-4-6-8-19/h4-12,16,21-22,25H,13-15H2,1-3H3,(H,24,28)/t21-,22+/m0/s1. The summed E-state index contributed by atoms with van der Waals surface area (Å²) in [6.07, 6.45) is 0.544.